The minimum absolute atomic E-state index is 0.0766. The van der Waals surface area contributed by atoms with E-state index in [2.05, 4.69) is 16.4 Å². The third kappa shape index (κ3) is 5.47. The van der Waals surface area contributed by atoms with E-state index in [0.717, 1.165) is 25.7 Å². The zero-order chi connectivity index (χ0) is 15.9. The van der Waals surface area contributed by atoms with Crippen LogP contribution in [-0.4, -0.2) is 27.5 Å². The average Bonchev–Trinajstić information content (AvgIpc) is 2.46. The molecule has 118 valence electrons. The number of benzene rings is 1. The maximum atomic E-state index is 12.3. The minimum Gasteiger partial charge on any atom is -0.465 e. The Morgan fingerprint density at radius 1 is 1.33 bits per heavy atom. The third-order valence-corrected chi connectivity index (χ3v) is 4.75. The number of unbranched alkanes of at least 4 members (excludes halogenated alkanes) is 2. The Bertz CT molecular complexity index is 569. The first-order valence-corrected chi connectivity index (χ1v) is 8.59. The van der Waals surface area contributed by atoms with Crippen LogP contribution in [0.1, 0.15) is 49.9 Å². The van der Waals surface area contributed by atoms with E-state index in [0.29, 0.717) is 0 Å². The number of rotatable bonds is 8. The molecule has 1 atom stereocenters. The molecule has 0 amide bonds. The van der Waals surface area contributed by atoms with Gasteiger partial charge >= 0.3 is 5.97 Å². The lowest BCUT2D eigenvalue weighted by Gasteiger charge is -2.14. The highest BCUT2D eigenvalue weighted by atomic mass is 32.2. The van der Waals surface area contributed by atoms with E-state index in [4.69, 9.17) is 0 Å². The molecule has 0 bridgehead atoms. The van der Waals surface area contributed by atoms with Crippen LogP contribution in [0.5, 0.6) is 0 Å². The monoisotopic (exact) mass is 313 g/mol. The normalized spacial score (nSPS) is 12.9. The summed E-state index contributed by atoms with van der Waals surface area (Å²) in [5.41, 5.74) is 0.221. The summed E-state index contributed by atoms with van der Waals surface area (Å²) in [5, 5.41) is 0. The first kappa shape index (κ1) is 17.7. The molecule has 0 heterocycles. The van der Waals surface area contributed by atoms with Gasteiger partial charge in [-0.3, -0.25) is 0 Å². The molecular weight excluding hydrogens is 290 g/mol. The van der Waals surface area contributed by atoms with Crippen molar-refractivity contribution < 1.29 is 17.9 Å². The molecule has 0 unspecified atom stereocenters. The van der Waals surface area contributed by atoms with Crippen LogP contribution in [0.4, 0.5) is 0 Å². The van der Waals surface area contributed by atoms with Crippen molar-refractivity contribution in [2.24, 2.45) is 0 Å². The highest BCUT2D eigenvalue weighted by molar-refractivity contribution is 7.89. The smallest absolute Gasteiger partial charge is 0.337 e. The highest BCUT2D eigenvalue weighted by Gasteiger charge is 2.18. The fraction of sp³-hybridized carbons (Fsp3) is 0.533. The maximum absolute atomic E-state index is 12.3. The van der Waals surface area contributed by atoms with Crippen molar-refractivity contribution >= 4 is 16.0 Å². The van der Waals surface area contributed by atoms with E-state index in [9.17, 15) is 13.2 Å². The topological polar surface area (TPSA) is 72.5 Å². The quantitative estimate of drug-likeness (QED) is 0.591. The van der Waals surface area contributed by atoms with E-state index < -0.39 is 16.0 Å². The molecule has 1 rings (SSSR count). The number of carbonyl (C=O) groups excluding carboxylic acids is 1. The Kier molecular flexibility index (Phi) is 6.84. The molecule has 0 fully saturated rings. The predicted octanol–water partition coefficient (Wildman–Crippen LogP) is 2.72. The zero-order valence-corrected chi connectivity index (χ0v) is 13.6. The largest absolute Gasteiger partial charge is 0.465 e. The Morgan fingerprint density at radius 3 is 2.67 bits per heavy atom. The van der Waals surface area contributed by atoms with Gasteiger partial charge in [-0.05, 0) is 31.5 Å². The van der Waals surface area contributed by atoms with Gasteiger partial charge in [0.25, 0.3) is 0 Å². The second kappa shape index (κ2) is 8.14. The number of carbonyl (C=O) groups is 1. The van der Waals surface area contributed by atoms with Crippen LogP contribution in [0.25, 0.3) is 0 Å². The van der Waals surface area contributed by atoms with Crippen molar-refractivity contribution in [3.63, 3.8) is 0 Å². The first-order valence-electron chi connectivity index (χ1n) is 7.11. The summed E-state index contributed by atoms with van der Waals surface area (Å²) < 4.78 is 31.8. The van der Waals surface area contributed by atoms with Gasteiger partial charge in [0.1, 0.15) is 0 Å². The standard InChI is InChI=1S/C15H23NO4S/c1-4-5-6-8-12(2)16-21(18,19)14-10-7-9-13(11-14)15(17)20-3/h7,9-12,16H,4-6,8H2,1-3H3/t12-/m0/s1. The first-order chi connectivity index (χ1) is 9.90. The zero-order valence-electron chi connectivity index (χ0n) is 12.8. The lowest BCUT2D eigenvalue weighted by atomic mass is 10.1. The summed E-state index contributed by atoms with van der Waals surface area (Å²) in [5.74, 6) is -0.553. The molecule has 0 aromatic heterocycles. The number of ether oxygens (including phenoxy) is 1. The SMILES string of the molecule is CCCCC[C@H](C)NS(=O)(=O)c1cccc(C(=O)OC)c1. The highest BCUT2D eigenvalue weighted by Crippen LogP contribution is 2.14. The average molecular weight is 313 g/mol. The predicted molar refractivity (Wildman–Crippen MR) is 81.7 cm³/mol. The minimum atomic E-state index is -3.62. The van der Waals surface area contributed by atoms with E-state index in [1.54, 1.807) is 0 Å². The van der Waals surface area contributed by atoms with Crippen molar-refractivity contribution in [3.8, 4) is 0 Å². The van der Waals surface area contributed by atoms with Crippen molar-refractivity contribution in [2.75, 3.05) is 7.11 Å². The molecule has 0 radical (unpaired) electrons. The molecule has 0 spiro atoms. The van der Waals surface area contributed by atoms with Gasteiger partial charge < -0.3 is 4.74 Å². The van der Waals surface area contributed by atoms with E-state index in [-0.39, 0.29) is 16.5 Å². The van der Waals surface area contributed by atoms with Crippen molar-refractivity contribution in [1.82, 2.24) is 4.72 Å². The molecule has 0 saturated heterocycles. The molecule has 0 saturated carbocycles. The number of esters is 1. The van der Waals surface area contributed by atoms with E-state index >= 15 is 0 Å². The lowest BCUT2D eigenvalue weighted by molar-refractivity contribution is 0.0600. The fourth-order valence-electron chi connectivity index (χ4n) is 2.00. The van der Waals surface area contributed by atoms with Gasteiger partial charge in [0.15, 0.2) is 0 Å². The molecule has 0 aliphatic rings. The van der Waals surface area contributed by atoms with E-state index in [1.807, 2.05) is 6.92 Å². The summed E-state index contributed by atoms with van der Waals surface area (Å²) in [6.45, 7) is 3.95. The molecule has 5 nitrogen and oxygen atoms in total. The summed E-state index contributed by atoms with van der Waals surface area (Å²) in [4.78, 5) is 11.5. The van der Waals surface area contributed by atoms with Gasteiger partial charge in [-0.2, -0.15) is 0 Å². The van der Waals surface area contributed by atoms with Crippen molar-refractivity contribution in [3.05, 3.63) is 29.8 Å². The summed E-state index contributed by atoms with van der Waals surface area (Å²) >= 11 is 0. The fourth-order valence-corrected chi connectivity index (χ4v) is 3.32. The van der Waals surface area contributed by atoms with Crippen LogP contribution in [0, 0.1) is 0 Å². The van der Waals surface area contributed by atoms with Crippen LogP contribution < -0.4 is 4.72 Å². The molecule has 1 aromatic rings. The molecule has 6 heteroatoms. The van der Waals surface area contributed by atoms with Gasteiger partial charge in [-0.15, -0.1) is 0 Å². The molecular formula is C15H23NO4S. The molecule has 0 aliphatic carbocycles. The van der Waals surface area contributed by atoms with Crippen molar-refractivity contribution in [1.29, 1.82) is 0 Å². The van der Waals surface area contributed by atoms with E-state index in [1.165, 1.54) is 31.4 Å². The second-order valence-corrected chi connectivity index (χ2v) is 6.75. The van der Waals surface area contributed by atoms with Crippen LogP contribution in [0.15, 0.2) is 29.2 Å². The lowest BCUT2D eigenvalue weighted by Crippen LogP contribution is -2.32. The van der Waals surface area contributed by atoms with Gasteiger partial charge in [-0.25, -0.2) is 17.9 Å². The number of methoxy groups -OCH3 is 1. The third-order valence-electron chi connectivity index (χ3n) is 3.16. The molecule has 1 aromatic carbocycles. The number of nitrogens with one attached hydrogen (secondary N) is 1. The van der Waals surface area contributed by atoms with Crippen LogP contribution in [-0.2, 0) is 14.8 Å². The number of hydrogen-bond acceptors (Lipinski definition) is 4. The van der Waals surface area contributed by atoms with Crippen LogP contribution >= 0.6 is 0 Å². The van der Waals surface area contributed by atoms with Gasteiger partial charge in [-0.1, -0.05) is 32.3 Å². The summed E-state index contributed by atoms with van der Waals surface area (Å²) in [7, 11) is -2.36. The molecule has 0 aliphatic heterocycles. The number of sulfonamides is 1. The summed E-state index contributed by atoms with van der Waals surface area (Å²) in [6, 6.07) is 5.71. The van der Waals surface area contributed by atoms with Crippen LogP contribution in [0.3, 0.4) is 0 Å². The van der Waals surface area contributed by atoms with Crippen molar-refractivity contribution in [2.45, 2.75) is 50.5 Å². The Labute approximate surface area is 126 Å². The number of hydrogen-bond donors (Lipinski definition) is 1. The van der Waals surface area contributed by atoms with Gasteiger partial charge in [0.2, 0.25) is 10.0 Å². The Hall–Kier alpha value is -1.40. The molecule has 1 N–H and O–H groups in total. The second-order valence-electron chi connectivity index (χ2n) is 5.04. The van der Waals surface area contributed by atoms with Gasteiger partial charge in [0.05, 0.1) is 17.6 Å². The molecule has 21 heavy (non-hydrogen) atoms. The Morgan fingerprint density at radius 2 is 2.05 bits per heavy atom. The van der Waals surface area contributed by atoms with Gasteiger partial charge in [0, 0.05) is 6.04 Å². The Balaban J connectivity index is 2.80. The summed E-state index contributed by atoms with van der Waals surface area (Å²) in [6.07, 6.45) is 3.97. The van der Waals surface area contributed by atoms with Crippen LogP contribution in [0.2, 0.25) is 0 Å². The maximum Gasteiger partial charge on any atom is 0.337 e.